The summed E-state index contributed by atoms with van der Waals surface area (Å²) >= 11 is 1.29. The fraction of sp³-hybridized carbons (Fsp3) is 0.375. The molecule has 0 aliphatic heterocycles. The minimum atomic E-state index is -2.79. The van der Waals surface area contributed by atoms with Crippen molar-refractivity contribution in [2.75, 3.05) is 26.6 Å². The van der Waals surface area contributed by atoms with E-state index < -0.39 is 23.4 Å². The molecule has 1 unspecified atom stereocenters. The number of halogens is 2. The number of amides is 1. The average molecular weight is 503 g/mol. The van der Waals surface area contributed by atoms with Crippen molar-refractivity contribution in [1.82, 2.24) is 20.6 Å². The largest absolute Gasteiger partial charge is 0.494 e. The number of hydrogen-bond acceptors (Lipinski definition) is 8. The molecule has 1 fully saturated rings. The Labute approximate surface area is 207 Å². The van der Waals surface area contributed by atoms with Crippen molar-refractivity contribution >= 4 is 23.4 Å². The SMILES string of the molecule is CN/C(=C\CN)c1cc(-c2cc(C(F)F)ncc2OC)c(C(=O)NCSC(N)C#CC2CC2)cn1. The number of nitrogens with zero attached hydrogens (tertiary/aromatic N) is 2. The van der Waals surface area contributed by atoms with E-state index in [1.807, 2.05) is 0 Å². The number of rotatable bonds is 10. The molecule has 0 aromatic carbocycles. The number of pyridine rings is 2. The molecule has 1 atom stereocenters. The summed E-state index contributed by atoms with van der Waals surface area (Å²) in [5, 5.41) is 5.36. The number of methoxy groups -OCH3 is 1. The number of hydrogen-bond donors (Lipinski definition) is 4. The van der Waals surface area contributed by atoms with Crippen molar-refractivity contribution < 1.29 is 18.3 Å². The van der Waals surface area contributed by atoms with Crippen molar-refractivity contribution in [3.8, 4) is 28.7 Å². The molecule has 186 valence electrons. The number of nitrogens with one attached hydrogen (secondary N) is 2. The summed E-state index contributed by atoms with van der Waals surface area (Å²) in [4.78, 5) is 21.2. The predicted octanol–water partition coefficient (Wildman–Crippen LogP) is 2.73. The molecule has 35 heavy (non-hydrogen) atoms. The molecule has 2 aromatic heterocycles. The Bertz CT molecular complexity index is 1140. The van der Waals surface area contributed by atoms with Gasteiger partial charge in [0.25, 0.3) is 12.3 Å². The van der Waals surface area contributed by atoms with Crippen LogP contribution in [0.1, 0.15) is 41.0 Å². The lowest BCUT2D eigenvalue weighted by Crippen LogP contribution is -2.26. The third-order valence-electron chi connectivity index (χ3n) is 5.14. The first kappa shape index (κ1) is 26.4. The van der Waals surface area contributed by atoms with Gasteiger partial charge in [0.15, 0.2) is 0 Å². The smallest absolute Gasteiger partial charge is 0.280 e. The molecule has 1 aliphatic rings. The van der Waals surface area contributed by atoms with Crippen LogP contribution in [0.25, 0.3) is 16.8 Å². The van der Waals surface area contributed by atoms with Crippen molar-refractivity contribution in [1.29, 1.82) is 0 Å². The maximum atomic E-state index is 13.4. The van der Waals surface area contributed by atoms with E-state index in [1.54, 1.807) is 19.2 Å². The van der Waals surface area contributed by atoms with Gasteiger partial charge in [-0.1, -0.05) is 11.8 Å². The zero-order chi connectivity index (χ0) is 25.4. The predicted molar refractivity (Wildman–Crippen MR) is 133 cm³/mol. The second kappa shape index (κ2) is 12.5. The van der Waals surface area contributed by atoms with Crippen molar-refractivity contribution in [2.24, 2.45) is 17.4 Å². The van der Waals surface area contributed by atoms with E-state index in [0.717, 1.165) is 12.8 Å². The maximum absolute atomic E-state index is 13.4. The molecule has 2 aromatic rings. The minimum absolute atomic E-state index is 0.180. The second-order valence-corrected chi connectivity index (χ2v) is 8.76. The number of nitrogens with two attached hydrogens (primary N) is 2. The van der Waals surface area contributed by atoms with Crippen LogP contribution in [0.2, 0.25) is 0 Å². The number of carbonyl (C=O) groups is 1. The van der Waals surface area contributed by atoms with Crippen LogP contribution in [-0.2, 0) is 0 Å². The minimum Gasteiger partial charge on any atom is -0.494 e. The number of carbonyl (C=O) groups excluding carboxylic acids is 1. The summed E-state index contributed by atoms with van der Waals surface area (Å²) in [6.07, 6.45) is 3.74. The lowest BCUT2D eigenvalue weighted by molar-refractivity contribution is 0.0961. The highest BCUT2D eigenvalue weighted by molar-refractivity contribution is 8.00. The normalized spacial score (nSPS) is 14.2. The average Bonchev–Trinajstić information content (AvgIpc) is 3.69. The number of thioether (sulfide) groups is 1. The van der Waals surface area contributed by atoms with Crippen LogP contribution < -0.4 is 26.8 Å². The highest BCUT2D eigenvalue weighted by atomic mass is 32.2. The van der Waals surface area contributed by atoms with Gasteiger partial charge in [0.1, 0.15) is 16.8 Å². The molecule has 11 heteroatoms. The molecular formula is C24H28F2N6O2S. The van der Waals surface area contributed by atoms with Crippen LogP contribution in [0.5, 0.6) is 5.75 Å². The summed E-state index contributed by atoms with van der Waals surface area (Å²) < 4.78 is 32.2. The van der Waals surface area contributed by atoms with Crippen LogP contribution in [0.4, 0.5) is 8.78 Å². The van der Waals surface area contributed by atoms with E-state index in [0.29, 0.717) is 22.9 Å². The molecule has 3 rings (SSSR count). The van der Waals surface area contributed by atoms with Crippen LogP contribution in [0.3, 0.4) is 0 Å². The van der Waals surface area contributed by atoms with Gasteiger partial charge in [0.2, 0.25) is 0 Å². The zero-order valence-corrected chi connectivity index (χ0v) is 20.3. The third-order valence-corrected chi connectivity index (χ3v) is 5.93. The standard InChI is InChI=1S/C24H28F2N6O2S/c1-29-18(7-8-27)19-9-15(16-10-20(23(25)26)31-12-21(16)34-2)17(11-30-19)24(33)32-13-35-22(28)6-5-14-3-4-14/h7,9-12,14,22-23,29H,3-4,8,13,27-28H2,1-2H3,(H,32,33)/b18-7-. The summed E-state index contributed by atoms with van der Waals surface area (Å²) in [5.41, 5.74) is 13.1. The Kier molecular flexibility index (Phi) is 9.42. The molecule has 2 heterocycles. The Morgan fingerprint density at radius 2 is 2.09 bits per heavy atom. The summed E-state index contributed by atoms with van der Waals surface area (Å²) in [6, 6.07) is 2.84. The van der Waals surface area contributed by atoms with E-state index in [-0.39, 0.29) is 29.3 Å². The van der Waals surface area contributed by atoms with Gasteiger partial charge in [-0.2, -0.15) is 0 Å². The summed E-state index contributed by atoms with van der Waals surface area (Å²) in [7, 11) is 3.11. The molecule has 1 aliphatic carbocycles. The van der Waals surface area contributed by atoms with E-state index in [1.165, 1.54) is 37.3 Å². The van der Waals surface area contributed by atoms with E-state index in [4.69, 9.17) is 16.2 Å². The third kappa shape index (κ3) is 7.14. The fourth-order valence-electron chi connectivity index (χ4n) is 3.17. The molecular weight excluding hydrogens is 474 g/mol. The van der Waals surface area contributed by atoms with Gasteiger partial charge in [0, 0.05) is 36.8 Å². The number of aromatic nitrogens is 2. The van der Waals surface area contributed by atoms with E-state index in [2.05, 4.69) is 32.4 Å². The van der Waals surface area contributed by atoms with E-state index in [9.17, 15) is 13.6 Å². The summed E-state index contributed by atoms with van der Waals surface area (Å²) in [5.74, 6) is 6.52. The first-order valence-electron chi connectivity index (χ1n) is 10.9. The van der Waals surface area contributed by atoms with Crippen LogP contribution in [0.15, 0.2) is 30.6 Å². The van der Waals surface area contributed by atoms with Crippen LogP contribution in [-0.4, -0.2) is 47.8 Å². The molecule has 0 radical (unpaired) electrons. The highest BCUT2D eigenvalue weighted by Gasteiger charge is 2.21. The first-order valence-corrected chi connectivity index (χ1v) is 12.0. The Hall–Kier alpha value is -3.20. The van der Waals surface area contributed by atoms with Gasteiger partial charge in [-0.05, 0) is 31.1 Å². The molecule has 1 saturated carbocycles. The van der Waals surface area contributed by atoms with Crippen molar-refractivity contribution in [2.45, 2.75) is 24.6 Å². The molecule has 1 amide bonds. The summed E-state index contributed by atoms with van der Waals surface area (Å²) in [6.45, 7) is 0.255. The molecule has 0 bridgehead atoms. The lowest BCUT2D eigenvalue weighted by Gasteiger charge is -2.16. The van der Waals surface area contributed by atoms with Gasteiger partial charge in [-0.3, -0.25) is 14.8 Å². The van der Waals surface area contributed by atoms with Crippen LogP contribution >= 0.6 is 11.8 Å². The Morgan fingerprint density at radius 1 is 1.31 bits per heavy atom. The topological polar surface area (TPSA) is 128 Å². The molecule has 8 nitrogen and oxygen atoms in total. The van der Waals surface area contributed by atoms with Gasteiger partial charge in [-0.15, -0.1) is 11.8 Å². The second-order valence-electron chi connectivity index (χ2n) is 7.63. The monoisotopic (exact) mass is 502 g/mol. The number of alkyl halides is 2. The van der Waals surface area contributed by atoms with Gasteiger partial charge >= 0.3 is 0 Å². The van der Waals surface area contributed by atoms with Gasteiger partial charge < -0.3 is 26.8 Å². The van der Waals surface area contributed by atoms with Crippen LogP contribution in [0, 0.1) is 17.8 Å². The quantitative estimate of drug-likeness (QED) is 0.288. The molecule has 6 N–H and O–H groups in total. The molecule has 0 saturated heterocycles. The fourth-order valence-corrected chi connectivity index (χ4v) is 3.72. The Morgan fingerprint density at radius 3 is 2.71 bits per heavy atom. The highest BCUT2D eigenvalue weighted by Crippen LogP contribution is 2.35. The van der Waals surface area contributed by atoms with E-state index >= 15 is 0 Å². The zero-order valence-electron chi connectivity index (χ0n) is 19.5. The van der Waals surface area contributed by atoms with Gasteiger partial charge in [-0.25, -0.2) is 8.78 Å². The maximum Gasteiger partial charge on any atom is 0.280 e. The lowest BCUT2D eigenvalue weighted by atomic mass is 9.98. The van der Waals surface area contributed by atoms with Crippen molar-refractivity contribution in [3.05, 3.63) is 47.6 Å². The first-order chi connectivity index (χ1) is 16.9. The number of ether oxygens (including phenoxy) is 1. The van der Waals surface area contributed by atoms with Gasteiger partial charge in [0.05, 0.1) is 36.1 Å². The Balaban J connectivity index is 1.95. The van der Waals surface area contributed by atoms with Crippen molar-refractivity contribution in [3.63, 3.8) is 0 Å². The molecule has 0 spiro atoms.